The number of nitro groups is 1. The van der Waals surface area contributed by atoms with E-state index in [-0.39, 0.29) is 12.1 Å². The maximum Gasteiger partial charge on any atom is 0.311 e. The first kappa shape index (κ1) is 11.0. The quantitative estimate of drug-likeness (QED) is 0.613. The van der Waals surface area contributed by atoms with Gasteiger partial charge in [0.05, 0.1) is 4.92 Å². The zero-order valence-corrected chi connectivity index (χ0v) is 8.82. The molecule has 0 spiro atoms. The van der Waals surface area contributed by atoms with E-state index in [9.17, 15) is 14.9 Å². The van der Waals surface area contributed by atoms with Crippen LogP contribution in [0.2, 0.25) is 0 Å². The molecule has 1 N–H and O–H groups in total. The predicted molar refractivity (Wildman–Crippen MR) is 56.5 cm³/mol. The van der Waals surface area contributed by atoms with Gasteiger partial charge in [-0.05, 0) is 0 Å². The van der Waals surface area contributed by atoms with Crippen LogP contribution in [0.15, 0.2) is 12.3 Å². The minimum absolute atomic E-state index is 0.169. The Morgan fingerprint density at radius 3 is 2.94 bits per heavy atom. The first-order valence-electron chi connectivity index (χ1n) is 4.66. The molecule has 0 aromatic carbocycles. The average molecular weight is 236 g/mol. The summed E-state index contributed by atoms with van der Waals surface area (Å²) in [5.41, 5.74) is 0.572. The van der Waals surface area contributed by atoms with Gasteiger partial charge >= 0.3 is 5.97 Å². The maximum atomic E-state index is 10.6. The van der Waals surface area contributed by atoms with Crippen molar-refractivity contribution in [1.82, 2.24) is 14.5 Å². The van der Waals surface area contributed by atoms with E-state index in [1.54, 1.807) is 7.05 Å². The number of aromatic nitrogens is 3. The summed E-state index contributed by atoms with van der Waals surface area (Å²) in [6.45, 7) is 0. The summed E-state index contributed by atoms with van der Waals surface area (Å²) >= 11 is 0. The van der Waals surface area contributed by atoms with Gasteiger partial charge in [0.1, 0.15) is 24.0 Å². The number of rotatable bonds is 3. The molecule has 0 saturated heterocycles. The van der Waals surface area contributed by atoms with E-state index in [0.29, 0.717) is 17.0 Å². The van der Waals surface area contributed by atoms with Crippen LogP contribution < -0.4 is 0 Å². The molecule has 17 heavy (non-hydrogen) atoms. The standard InChI is InChI=1S/C9H8N4O4/c1-12-7(3-8(14)15)11-6-2-5(13(16)17)4-10-9(6)12/h2,4H,3H2,1H3,(H,14,15). The number of aryl methyl sites for hydroxylation is 1. The fraction of sp³-hybridized carbons (Fsp3) is 0.222. The fourth-order valence-corrected chi connectivity index (χ4v) is 1.51. The molecule has 8 heteroatoms. The Bertz CT molecular complexity index is 619. The summed E-state index contributed by atoms with van der Waals surface area (Å²) in [6.07, 6.45) is 0.870. The molecular weight excluding hydrogens is 228 g/mol. The molecule has 0 fully saturated rings. The maximum absolute atomic E-state index is 10.6. The molecule has 0 saturated carbocycles. The molecule has 2 aromatic rings. The first-order chi connectivity index (χ1) is 7.99. The van der Waals surface area contributed by atoms with Gasteiger partial charge in [-0.3, -0.25) is 14.9 Å². The summed E-state index contributed by atoms with van der Waals surface area (Å²) in [6, 6.07) is 1.27. The van der Waals surface area contributed by atoms with Crippen LogP contribution in [0.5, 0.6) is 0 Å². The van der Waals surface area contributed by atoms with Crippen LogP contribution in [-0.2, 0) is 18.3 Å². The van der Waals surface area contributed by atoms with Gasteiger partial charge in [-0.2, -0.15) is 0 Å². The molecule has 88 valence electrons. The normalized spacial score (nSPS) is 10.6. The molecular formula is C9H8N4O4. The molecule has 0 unspecified atom stereocenters. The number of nitrogens with zero attached hydrogens (tertiary/aromatic N) is 4. The third-order valence-electron chi connectivity index (χ3n) is 2.31. The largest absolute Gasteiger partial charge is 0.481 e. The lowest BCUT2D eigenvalue weighted by molar-refractivity contribution is -0.385. The number of carbonyl (C=O) groups is 1. The highest BCUT2D eigenvalue weighted by Crippen LogP contribution is 2.18. The van der Waals surface area contributed by atoms with Crippen LogP contribution >= 0.6 is 0 Å². The second-order valence-electron chi connectivity index (χ2n) is 3.45. The molecule has 0 bridgehead atoms. The van der Waals surface area contributed by atoms with E-state index in [4.69, 9.17) is 5.11 Å². The van der Waals surface area contributed by atoms with Gasteiger partial charge in [-0.15, -0.1) is 0 Å². The number of fused-ring (bicyclic) bond motifs is 1. The van der Waals surface area contributed by atoms with Gasteiger partial charge in [-0.1, -0.05) is 0 Å². The second kappa shape index (κ2) is 3.81. The Kier molecular flexibility index (Phi) is 2.47. The summed E-state index contributed by atoms with van der Waals surface area (Å²) < 4.78 is 1.51. The lowest BCUT2D eigenvalue weighted by atomic mass is 10.4. The van der Waals surface area contributed by atoms with E-state index < -0.39 is 10.9 Å². The monoisotopic (exact) mass is 236 g/mol. The van der Waals surface area contributed by atoms with Gasteiger partial charge < -0.3 is 9.67 Å². The van der Waals surface area contributed by atoms with E-state index in [1.807, 2.05) is 0 Å². The molecule has 2 rings (SSSR count). The Morgan fingerprint density at radius 2 is 2.35 bits per heavy atom. The van der Waals surface area contributed by atoms with Crippen LogP contribution in [0, 0.1) is 10.1 Å². The zero-order valence-electron chi connectivity index (χ0n) is 8.82. The minimum atomic E-state index is -1.02. The second-order valence-corrected chi connectivity index (χ2v) is 3.45. The molecule has 2 aromatic heterocycles. The van der Waals surface area contributed by atoms with E-state index in [0.717, 1.165) is 6.20 Å². The highest BCUT2D eigenvalue weighted by Gasteiger charge is 2.15. The molecule has 0 atom stereocenters. The summed E-state index contributed by atoms with van der Waals surface area (Å²) in [5, 5.41) is 19.2. The van der Waals surface area contributed by atoms with E-state index in [1.165, 1.54) is 10.6 Å². The van der Waals surface area contributed by atoms with Crippen LogP contribution in [0.3, 0.4) is 0 Å². The Hall–Kier alpha value is -2.51. The van der Waals surface area contributed by atoms with Crippen molar-refractivity contribution >= 4 is 22.8 Å². The lowest BCUT2D eigenvalue weighted by Crippen LogP contribution is -2.06. The van der Waals surface area contributed by atoms with Crippen molar-refractivity contribution in [3.05, 3.63) is 28.2 Å². The molecule has 0 aliphatic heterocycles. The van der Waals surface area contributed by atoms with Gasteiger partial charge in [-0.25, -0.2) is 9.97 Å². The van der Waals surface area contributed by atoms with Crippen molar-refractivity contribution < 1.29 is 14.8 Å². The number of hydrogen-bond acceptors (Lipinski definition) is 5. The van der Waals surface area contributed by atoms with Gasteiger partial charge in [0.15, 0.2) is 5.65 Å². The van der Waals surface area contributed by atoms with Crippen LogP contribution in [0.25, 0.3) is 11.2 Å². The molecule has 2 heterocycles. The van der Waals surface area contributed by atoms with Crippen molar-refractivity contribution in [3.8, 4) is 0 Å². The number of carboxylic acids is 1. The van der Waals surface area contributed by atoms with Gasteiger partial charge in [0.2, 0.25) is 0 Å². The van der Waals surface area contributed by atoms with Gasteiger partial charge in [0, 0.05) is 13.1 Å². The number of carboxylic acid groups (broad SMARTS) is 1. The van der Waals surface area contributed by atoms with Crippen molar-refractivity contribution in [2.45, 2.75) is 6.42 Å². The Labute approximate surface area is 94.7 Å². The predicted octanol–water partition coefficient (Wildman–Crippen LogP) is 0.504. The molecule has 0 aliphatic carbocycles. The molecule has 8 nitrogen and oxygen atoms in total. The fourth-order valence-electron chi connectivity index (χ4n) is 1.51. The number of imidazole rings is 1. The smallest absolute Gasteiger partial charge is 0.311 e. The van der Waals surface area contributed by atoms with Gasteiger partial charge in [0.25, 0.3) is 5.69 Å². The summed E-state index contributed by atoms with van der Waals surface area (Å²) in [5.74, 6) is -0.710. The Morgan fingerprint density at radius 1 is 1.65 bits per heavy atom. The van der Waals surface area contributed by atoms with E-state index >= 15 is 0 Å². The van der Waals surface area contributed by atoms with E-state index in [2.05, 4.69) is 9.97 Å². The van der Waals surface area contributed by atoms with Crippen molar-refractivity contribution in [1.29, 1.82) is 0 Å². The van der Waals surface area contributed by atoms with Crippen molar-refractivity contribution in [2.75, 3.05) is 0 Å². The number of aliphatic carboxylic acids is 1. The highest BCUT2D eigenvalue weighted by molar-refractivity contribution is 5.76. The third kappa shape index (κ3) is 1.92. The van der Waals surface area contributed by atoms with Crippen LogP contribution in [-0.4, -0.2) is 30.5 Å². The summed E-state index contributed by atoms with van der Waals surface area (Å²) in [4.78, 5) is 28.5. The highest BCUT2D eigenvalue weighted by atomic mass is 16.6. The topological polar surface area (TPSA) is 111 Å². The summed E-state index contributed by atoms with van der Waals surface area (Å²) in [7, 11) is 1.62. The molecule has 0 radical (unpaired) electrons. The lowest BCUT2D eigenvalue weighted by Gasteiger charge is -1.97. The average Bonchev–Trinajstić information content (AvgIpc) is 2.54. The number of pyridine rings is 1. The van der Waals surface area contributed by atoms with Crippen molar-refractivity contribution in [2.24, 2.45) is 7.05 Å². The third-order valence-corrected chi connectivity index (χ3v) is 2.31. The Balaban J connectivity index is 2.57. The zero-order chi connectivity index (χ0) is 12.6. The van der Waals surface area contributed by atoms with Crippen LogP contribution in [0.4, 0.5) is 5.69 Å². The SMILES string of the molecule is Cn1c(CC(=O)O)nc2cc([N+](=O)[O-])cnc21. The number of hydrogen-bond donors (Lipinski definition) is 1. The minimum Gasteiger partial charge on any atom is -0.481 e. The first-order valence-corrected chi connectivity index (χ1v) is 4.66. The van der Waals surface area contributed by atoms with Crippen LogP contribution in [0.1, 0.15) is 5.82 Å². The molecule has 0 amide bonds. The molecule has 0 aliphatic rings. The van der Waals surface area contributed by atoms with Crippen molar-refractivity contribution in [3.63, 3.8) is 0 Å².